The van der Waals surface area contributed by atoms with E-state index in [9.17, 15) is 9.59 Å². The highest BCUT2D eigenvalue weighted by molar-refractivity contribution is 6.00. The number of aromatic nitrogens is 2. The average Bonchev–Trinajstić information content (AvgIpc) is 3.26. The van der Waals surface area contributed by atoms with Gasteiger partial charge in [-0.15, -0.1) is 0 Å². The molecule has 2 aliphatic rings. The number of rotatable bonds is 6. The van der Waals surface area contributed by atoms with Crippen LogP contribution in [0.3, 0.4) is 0 Å². The number of nitrogens with zero attached hydrogens (tertiary/aromatic N) is 3. The summed E-state index contributed by atoms with van der Waals surface area (Å²) < 4.78 is 0. The monoisotopic (exact) mass is 458 g/mol. The third-order valence-corrected chi connectivity index (χ3v) is 5.92. The van der Waals surface area contributed by atoms with E-state index in [1.54, 1.807) is 6.20 Å². The quantitative estimate of drug-likeness (QED) is 0.487. The summed E-state index contributed by atoms with van der Waals surface area (Å²) in [5, 5.41) is 8.71. The Labute approximate surface area is 199 Å². The van der Waals surface area contributed by atoms with Crippen molar-refractivity contribution in [2.45, 2.75) is 39.3 Å². The molecule has 34 heavy (non-hydrogen) atoms. The topological polar surface area (TPSA) is 99.2 Å². The van der Waals surface area contributed by atoms with Crippen molar-refractivity contribution in [3.63, 3.8) is 0 Å². The van der Waals surface area contributed by atoms with Crippen LogP contribution in [0.1, 0.15) is 46.3 Å². The third kappa shape index (κ3) is 5.89. The molecule has 3 heterocycles. The number of amides is 2. The second kappa shape index (κ2) is 11.3. The first-order chi connectivity index (χ1) is 16.6. The van der Waals surface area contributed by atoms with E-state index in [0.717, 1.165) is 41.3 Å². The highest BCUT2D eigenvalue weighted by atomic mass is 16.2. The standard InChI is InChI=1S/C17H19N5O.C9H11NO/c23-16-12-5-4-6-14(13(12)11-19-16)20-17-18-8-7-15(21-17)22-9-2-1-3-10-22;1-8-2-4-9(5-3-8)6-10-7-11/h4-8H,1-3,9-11H2,(H,19,23)(H,18,20,21);2-5,7H,6H2,1H3,(H,10,11). The molecular weight excluding hydrogens is 428 g/mol. The highest BCUT2D eigenvalue weighted by Crippen LogP contribution is 2.27. The SMILES string of the molecule is Cc1ccc(CNC=O)cc1.O=C1NCc2c(Nc3nccc(N4CCCCC4)n3)cccc21. The van der Waals surface area contributed by atoms with Gasteiger partial charge in [0.25, 0.3) is 5.91 Å². The molecule has 0 radical (unpaired) electrons. The van der Waals surface area contributed by atoms with Crippen molar-refractivity contribution >= 4 is 29.8 Å². The number of fused-ring (bicyclic) bond motifs is 1. The Morgan fingerprint density at radius 3 is 2.62 bits per heavy atom. The Bertz CT molecular complexity index is 1130. The number of hydrogen-bond donors (Lipinski definition) is 3. The lowest BCUT2D eigenvalue weighted by atomic mass is 10.1. The number of nitrogens with one attached hydrogen (secondary N) is 3. The number of carbonyl (C=O) groups excluding carboxylic acids is 2. The fourth-order valence-corrected chi connectivity index (χ4v) is 4.07. The minimum atomic E-state index is -0.0216. The van der Waals surface area contributed by atoms with Crippen LogP contribution in [0, 0.1) is 6.92 Å². The van der Waals surface area contributed by atoms with Gasteiger partial charge in [0.05, 0.1) is 0 Å². The van der Waals surface area contributed by atoms with E-state index in [1.165, 1.54) is 24.8 Å². The van der Waals surface area contributed by atoms with Gasteiger partial charge in [0.2, 0.25) is 12.4 Å². The van der Waals surface area contributed by atoms with Crippen LogP contribution in [-0.4, -0.2) is 35.4 Å². The minimum absolute atomic E-state index is 0.0216. The zero-order valence-corrected chi connectivity index (χ0v) is 19.4. The van der Waals surface area contributed by atoms with Gasteiger partial charge in [-0.3, -0.25) is 9.59 Å². The molecule has 0 unspecified atom stereocenters. The summed E-state index contributed by atoms with van der Waals surface area (Å²) >= 11 is 0. The van der Waals surface area contributed by atoms with Crippen LogP contribution in [0.2, 0.25) is 0 Å². The number of anilines is 3. The van der Waals surface area contributed by atoms with Gasteiger partial charge in [-0.25, -0.2) is 4.98 Å². The van der Waals surface area contributed by atoms with E-state index >= 15 is 0 Å². The van der Waals surface area contributed by atoms with Crippen LogP contribution in [0.25, 0.3) is 0 Å². The summed E-state index contributed by atoms with van der Waals surface area (Å²) in [4.78, 5) is 32.9. The molecule has 1 aromatic heterocycles. The molecule has 8 heteroatoms. The van der Waals surface area contributed by atoms with Gasteiger partial charge in [-0.1, -0.05) is 35.9 Å². The predicted octanol–water partition coefficient (Wildman–Crippen LogP) is 3.69. The normalized spacial score (nSPS) is 14.4. The molecule has 3 N–H and O–H groups in total. The number of hydrogen-bond acceptors (Lipinski definition) is 6. The van der Waals surface area contributed by atoms with Gasteiger partial charge < -0.3 is 20.9 Å². The minimum Gasteiger partial charge on any atom is -0.356 e. The summed E-state index contributed by atoms with van der Waals surface area (Å²) in [6.45, 7) is 5.30. The molecular formula is C26H30N6O2. The van der Waals surface area contributed by atoms with Gasteiger partial charge in [0, 0.05) is 49.2 Å². The lowest BCUT2D eigenvalue weighted by Gasteiger charge is -2.27. The first kappa shape index (κ1) is 23.2. The van der Waals surface area contributed by atoms with Crippen LogP contribution < -0.4 is 20.9 Å². The molecule has 0 saturated carbocycles. The van der Waals surface area contributed by atoms with E-state index in [1.807, 2.05) is 55.5 Å². The Balaban J connectivity index is 0.000000210. The molecule has 1 fully saturated rings. The zero-order chi connectivity index (χ0) is 23.8. The fourth-order valence-electron chi connectivity index (χ4n) is 4.07. The molecule has 0 aliphatic carbocycles. The molecule has 2 aromatic carbocycles. The van der Waals surface area contributed by atoms with E-state index < -0.39 is 0 Å². The van der Waals surface area contributed by atoms with Crippen molar-refractivity contribution in [3.8, 4) is 0 Å². The van der Waals surface area contributed by atoms with Crippen molar-refractivity contribution in [1.82, 2.24) is 20.6 Å². The molecule has 1 saturated heterocycles. The second-order valence-electron chi connectivity index (χ2n) is 8.41. The first-order valence-corrected chi connectivity index (χ1v) is 11.6. The molecule has 2 amide bonds. The number of piperidine rings is 1. The van der Waals surface area contributed by atoms with Crippen LogP contribution in [0.15, 0.2) is 54.7 Å². The van der Waals surface area contributed by atoms with Crippen LogP contribution in [-0.2, 0) is 17.9 Å². The van der Waals surface area contributed by atoms with Gasteiger partial charge in [-0.05, 0) is 49.9 Å². The lowest BCUT2D eigenvalue weighted by Crippen LogP contribution is -2.30. The second-order valence-corrected chi connectivity index (χ2v) is 8.41. The van der Waals surface area contributed by atoms with Crippen LogP contribution >= 0.6 is 0 Å². The summed E-state index contributed by atoms with van der Waals surface area (Å²) in [5.41, 5.74) is 4.95. The average molecular weight is 459 g/mol. The molecule has 176 valence electrons. The smallest absolute Gasteiger partial charge is 0.251 e. The number of benzene rings is 2. The summed E-state index contributed by atoms with van der Waals surface area (Å²) in [7, 11) is 0. The van der Waals surface area contributed by atoms with E-state index in [2.05, 4.69) is 30.8 Å². The van der Waals surface area contributed by atoms with Crippen LogP contribution in [0.4, 0.5) is 17.5 Å². The highest BCUT2D eigenvalue weighted by Gasteiger charge is 2.21. The maximum atomic E-state index is 11.8. The van der Waals surface area contributed by atoms with E-state index in [4.69, 9.17) is 0 Å². The summed E-state index contributed by atoms with van der Waals surface area (Å²) in [6.07, 6.45) is 6.22. The van der Waals surface area contributed by atoms with E-state index in [0.29, 0.717) is 25.4 Å². The Hall–Kier alpha value is -3.94. The largest absolute Gasteiger partial charge is 0.356 e. The Kier molecular flexibility index (Phi) is 7.70. The fraction of sp³-hybridized carbons (Fsp3) is 0.308. The van der Waals surface area contributed by atoms with Crippen molar-refractivity contribution in [2.24, 2.45) is 0 Å². The zero-order valence-electron chi connectivity index (χ0n) is 19.4. The summed E-state index contributed by atoms with van der Waals surface area (Å²) in [5.74, 6) is 1.51. The summed E-state index contributed by atoms with van der Waals surface area (Å²) in [6, 6.07) is 15.7. The Morgan fingerprint density at radius 2 is 1.85 bits per heavy atom. The maximum Gasteiger partial charge on any atom is 0.251 e. The van der Waals surface area contributed by atoms with E-state index in [-0.39, 0.29) is 5.91 Å². The van der Waals surface area contributed by atoms with Gasteiger partial charge in [0.15, 0.2) is 0 Å². The van der Waals surface area contributed by atoms with Gasteiger partial charge in [-0.2, -0.15) is 4.98 Å². The van der Waals surface area contributed by atoms with Crippen molar-refractivity contribution in [3.05, 3.63) is 77.0 Å². The van der Waals surface area contributed by atoms with Crippen molar-refractivity contribution in [2.75, 3.05) is 23.3 Å². The molecule has 3 aromatic rings. The van der Waals surface area contributed by atoms with Gasteiger partial charge in [0.1, 0.15) is 5.82 Å². The Morgan fingerprint density at radius 1 is 1.06 bits per heavy atom. The predicted molar refractivity (Wildman–Crippen MR) is 133 cm³/mol. The number of aryl methyl sites for hydroxylation is 1. The molecule has 8 nitrogen and oxygen atoms in total. The number of carbonyl (C=O) groups is 2. The molecule has 0 atom stereocenters. The molecule has 0 spiro atoms. The van der Waals surface area contributed by atoms with Crippen LogP contribution in [0.5, 0.6) is 0 Å². The molecule has 5 rings (SSSR count). The third-order valence-electron chi connectivity index (χ3n) is 5.92. The molecule has 2 aliphatic heterocycles. The first-order valence-electron chi connectivity index (χ1n) is 11.6. The maximum absolute atomic E-state index is 11.8. The van der Waals surface area contributed by atoms with Crippen molar-refractivity contribution in [1.29, 1.82) is 0 Å². The lowest BCUT2D eigenvalue weighted by molar-refractivity contribution is -0.109. The van der Waals surface area contributed by atoms with Gasteiger partial charge >= 0.3 is 0 Å². The van der Waals surface area contributed by atoms with Crippen molar-refractivity contribution < 1.29 is 9.59 Å². The molecule has 0 bridgehead atoms.